The third-order valence-electron chi connectivity index (χ3n) is 2.39. The molecule has 12 heavy (non-hydrogen) atoms. The standard InChI is InChI=1S/C8H10N2OS/c1-10-6-4-2-3-5(6)7(12)9-8(10)11/h2-4H2,1H3,(H,9,11,12). The van der Waals surface area contributed by atoms with E-state index in [0.717, 1.165) is 30.5 Å². The average molecular weight is 182 g/mol. The number of nitrogens with one attached hydrogen (secondary N) is 1. The third kappa shape index (κ3) is 0.948. The lowest BCUT2D eigenvalue weighted by atomic mass is 10.3. The van der Waals surface area contributed by atoms with E-state index in [2.05, 4.69) is 4.98 Å². The molecule has 1 aromatic heterocycles. The number of hydrogen-bond donors (Lipinski definition) is 1. The van der Waals surface area contributed by atoms with Gasteiger partial charge >= 0.3 is 5.69 Å². The van der Waals surface area contributed by atoms with Crippen molar-refractivity contribution in [3.63, 3.8) is 0 Å². The summed E-state index contributed by atoms with van der Waals surface area (Å²) in [5.74, 6) is 0. The zero-order chi connectivity index (χ0) is 8.72. The van der Waals surface area contributed by atoms with Gasteiger partial charge in [0.2, 0.25) is 0 Å². The first kappa shape index (κ1) is 7.73. The SMILES string of the molecule is Cn1c2c(c(=S)[nH]c1=O)CCC2. The quantitative estimate of drug-likeness (QED) is 0.606. The Morgan fingerprint density at radius 2 is 2.25 bits per heavy atom. The van der Waals surface area contributed by atoms with Crippen molar-refractivity contribution in [1.82, 2.24) is 9.55 Å². The summed E-state index contributed by atoms with van der Waals surface area (Å²) in [7, 11) is 1.79. The Morgan fingerprint density at radius 3 is 3.00 bits per heavy atom. The lowest BCUT2D eigenvalue weighted by molar-refractivity contribution is 0.745. The van der Waals surface area contributed by atoms with Crippen LogP contribution < -0.4 is 5.69 Å². The highest BCUT2D eigenvalue weighted by molar-refractivity contribution is 7.71. The van der Waals surface area contributed by atoms with Crippen LogP contribution in [0.2, 0.25) is 0 Å². The first-order valence-electron chi connectivity index (χ1n) is 4.01. The molecule has 2 rings (SSSR count). The number of aromatic amines is 1. The largest absolute Gasteiger partial charge is 0.326 e. The number of fused-ring (bicyclic) bond motifs is 1. The highest BCUT2D eigenvalue weighted by Gasteiger charge is 2.15. The van der Waals surface area contributed by atoms with Crippen LogP contribution in [0.4, 0.5) is 0 Å². The van der Waals surface area contributed by atoms with E-state index in [1.165, 1.54) is 0 Å². The number of H-pyrrole nitrogens is 1. The Labute approximate surface area is 75.1 Å². The van der Waals surface area contributed by atoms with E-state index in [-0.39, 0.29) is 5.69 Å². The van der Waals surface area contributed by atoms with Gasteiger partial charge in [0.15, 0.2) is 0 Å². The molecule has 0 spiro atoms. The Bertz CT molecular complexity index is 430. The van der Waals surface area contributed by atoms with Crippen molar-refractivity contribution in [3.8, 4) is 0 Å². The number of rotatable bonds is 0. The average Bonchev–Trinajstić information content (AvgIpc) is 2.48. The minimum Gasteiger partial charge on any atom is -0.301 e. The zero-order valence-electron chi connectivity index (χ0n) is 6.89. The van der Waals surface area contributed by atoms with Gasteiger partial charge in [-0.15, -0.1) is 0 Å². The second-order valence-electron chi connectivity index (χ2n) is 3.10. The molecule has 1 N–H and O–H groups in total. The summed E-state index contributed by atoms with van der Waals surface area (Å²) in [6.45, 7) is 0. The highest BCUT2D eigenvalue weighted by Crippen LogP contribution is 2.19. The first-order valence-corrected chi connectivity index (χ1v) is 4.42. The smallest absolute Gasteiger partial charge is 0.301 e. The molecular formula is C8H10N2OS. The van der Waals surface area contributed by atoms with Crippen molar-refractivity contribution in [2.75, 3.05) is 0 Å². The molecule has 0 unspecified atom stereocenters. The monoisotopic (exact) mass is 182 g/mol. The molecule has 3 nitrogen and oxygen atoms in total. The van der Waals surface area contributed by atoms with Gasteiger partial charge in [-0.05, 0) is 19.3 Å². The predicted molar refractivity (Wildman–Crippen MR) is 48.9 cm³/mol. The van der Waals surface area contributed by atoms with Crippen LogP contribution in [0.1, 0.15) is 17.7 Å². The van der Waals surface area contributed by atoms with Crippen LogP contribution in [0, 0.1) is 4.64 Å². The Morgan fingerprint density at radius 1 is 1.50 bits per heavy atom. The van der Waals surface area contributed by atoms with Gasteiger partial charge < -0.3 is 4.57 Å². The van der Waals surface area contributed by atoms with Crippen LogP contribution >= 0.6 is 12.2 Å². The summed E-state index contributed by atoms with van der Waals surface area (Å²) < 4.78 is 2.30. The Balaban J connectivity index is 2.87. The summed E-state index contributed by atoms with van der Waals surface area (Å²) in [4.78, 5) is 13.9. The Kier molecular flexibility index (Phi) is 1.65. The number of aromatic nitrogens is 2. The fraction of sp³-hybridized carbons (Fsp3) is 0.500. The molecule has 0 aromatic carbocycles. The molecule has 1 aliphatic rings. The normalized spacial score (nSPS) is 14.8. The molecule has 0 bridgehead atoms. The van der Waals surface area contributed by atoms with Crippen LogP contribution in [0.3, 0.4) is 0 Å². The molecule has 1 aromatic rings. The van der Waals surface area contributed by atoms with Crippen molar-refractivity contribution >= 4 is 12.2 Å². The molecule has 0 saturated carbocycles. The molecule has 1 aliphatic carbocycles. The molecule has 0 saturated heterocycles. The van der Waals surface area contributed by atoms with E-state index in [1.54, 1.807) is 11.6 Å². The van der Waals surface area contributed by atoms with E-state index in [9.17, 15) is 4.79 Å². The second-order valence-corrected chi connectivity index (χ2v) is 3.51. The van der Waals surface area contributed by atoms with Crippen LogP contribution in [0.5, 0.6) is 0 Å². The van der Waals surface area contributed by atoms with Crippen LogP contribution in [0.25, 0.3) is 0 Å². The van der Waals surface area contributed by atoms with Crippen LogP contribution in [0.15, 0.2) is 4.79 Å². The highest BCUT2D eigenvalue weighted by atomic mass is 32.1. The van der Waals surface area contributed by atoms with Gasteiger partial charge in [0, 0.05) is 18.3 Å². The van der Waals surface area contributed by atoms with Gasteiger partial charge in [0.25, 0.3) is 0 Å². The maximum absolute atomic E-state index is 11.2. The lowest BCUT2D eigenvalue weighted by Crippen LogP contribution is -2.23. The molecule has 0 amide bonds. The fourth-order valence-corrected chi connectivity index (χ4v) is 2.03. The number of nitrogens with zero attached hydrogens (tertiary/aromatic N) is 1. The van der Waals surface area contributed by atoms with E-state index in [1.807, 2.05) is 0 Å². The van der Waals surface area contributed by atoms with E-state index in [0.29, 0.717) is 4.64 Å². The summed E-state index contributed by atoms with van der Waals surface area (Å²) in [6, 6.07) is 0. The van der Waals surface area contributed by atoms with Crippen molar-refractivity contribution in [2.24, 2.45) is 7.05 Å². The first-order chi connectivity index (χ1) is 5.70. The van der Waals surface area contributed by atoms with Crippen molar-refractivity contribution in [2.45, 2.75) is 19.3 Å². The summed E-state index contributed by atoms with van der Waals surface area (Å²) in [5.41, 5.74) is 2.18. The van der Waals surface area contributed by atoms with Gasteiger partial charge in [0.05, 0.1) is 0 Å². The summed E-state index contributed by atoms with van der Waals surface area (Å²) >= 11 is 5.06. The Hall–Kier alpha value is -0.900. The minimum atomic E-state index is -0.0966. The van der Waals surface area contributed by atoms with Crippen molar-refractivity contribution < 1.29 is 0 Å². The maximum Gasteiger partial charge on any atom is 0.326 e. The van der Waals surface area contributed by atoms with Gasteiger partial charge in [0.1, 0.15) is 4.64 Å². The number of hydrogen-bond acceptors (Lipinski definition) is 2. The molecule has 0 radical (unpaired) electrons. The maximum atomic E-state index is 11.2. The van der Waals surface area contributed by atoms with Gasteiger partial charge in [-0.1, -0.05) is 12.2 Å². The van der Waals surface area contributed by atoms with E-state index in [4.69, 9.17) is 12.2 Å². The summed E-state index contributed by atoms with van der Waals surface area (Å²) in [6.07, 6.45) is 3.11. The van der Waals surface area contributed by atoms with Crippen molar-refractivity contribution in [3.05, 3.63) is 26.4 Å². The van der Waals surface area contributed by atoms with Crippen LogP contribution in [-0.2, 0) is 19.9 Å². The summed E-state index contributed by atoms with van der Waals surface area (Å²) in [5, 5.41) is 0. The third-order valence-corrected chi connectivity index (χ3v) is 2.74. The lowest BCUT2D eigenvalue weighted by Gasteiger charge is -2.04. The van der Waals surface area contributed by atoms with E-state index < -0.39 is 0 Å². The topological polar surface area (TPSA) is 37.8 Å². The zero-order valence-corrected chi connectivity index (χ0v) is 7.70. The molecule has 1 heterocycles. The minimum absolute atomic E-state index is 0.0966. The van der Waals surface area contributed by atoms with Gasteiger partial charge in [-0.2, -0.15) is 0 Å². The second kappa shape index (κ2) is 2.55. The molecule has 4 heteroatoms. The molecule has 0 fully saturated rings. The molecule has 64 valence electrons. The molecular weight excluding hydrogens is 172 g/mol. The fourth-order valence-electron chi connectivity index (χ4n) is 1.72. The van der Waals surface area contributed by atoms with Crippen LogP contribution in [-0.4, -0.2) is 9.55 Å². The molecule has 0 aliphatic heterocycles. The van der Waals surface area contributed by atoms with Gasteiger partial charge in [-0.25, -0.2) is 4.79 Å². The van der Waals surface area contributed by atoms with Gasteiger partial charge in [-0.3, -0.25) is 4.98 Å². The molecule has 0 atom stereocenters. The van der Waals surface area contributed by atoms with E-state index >= 15 is 0 Å². The van der Waals surface area contributed by atoms with Crippen molar-refractivity contribution in [1.29, 1.82) is 0 Å². The predicted octanol–water partition coefficient (Wildman–Crippen LogP) is 0.932.